The fourth-order valence-corrected chi connectivity index (χ4v) is 3.79. The summed E-state index contributed by atoms with van der Waals surface area (Å²) in [5, 5.41) is 10.4. The maximum Gasteiger partial charge on any atom is 0.191 e. The number of thioether (sulfide) groups is 1. The van der Waals surface area contributed by atoms with Crippen LogP contribution in [0.4, 0.5) is 0 Å². The van der Waals surface area contributed by atoms with Gasteiger partial charge >= 0.3 is 0 Å². The van der Waals surface area contributed by atoms with Gasteiger partial charge in [0.15, 0.2) is 11.0 Å². The summed E-state index contributed by atoms with van der Waals surface area (Å²) in [6.45, 7) is 3.85. The largest absolute Gasteiger partial charge is 0.377 e. The Morgan fingerprint density at radius 2 is 2.09 bits per heavy atom. The molecule has 1 atom stereocenters. The van der Waals surface area contributed by atoms with Crippen LogP contribution in [0.2, 0.25) is 5.02 Å². The van der Waals surface area contributed by atoms with Gasteiger partial charge in [-0.1, -0.05) is 23.4 Å². The van der Waals surface area contributed by atoms with E-state index in [1.54, 1.807) is 11.8 Å². The van der Waals surface area contributed by atoms with Gasteiger partial charge in [0.1, 0.15) is 0 Å². The Morgan fingerprint density at radius 3 is 2.77 bits per heavy atom. The van der Waals surface area contributed by atoms with Crippen LogP contribution in [0.1, 0.15) is 26.2 Å². The lowest BCUT2D eigenvalue weighted by atomic mass is 10.1. The highest BCUT2D eigenvalue weighted by atomic mass is 35.5. The number of rotatable bonds is 5. The molecule has 1 aromatic carbocycles. The lowest BCUT2D eigenvalue weighted by Gasteiger charge is -2.21. The normalized spacial score (nSPS) is 18.5. The molecule has 0 radical (unpaired) electrons. The summed E-state index contributed by atoms with van der Waals surface area (Å²) >= 11 is 7.69. The second kappa shape index (κ2) is 7.49. The van der Waals surface area contributed by atoms with E-state index in [0.29, 0.717) is 6.10 Å². The predicted molar refractivity (Wildman–Crippen MR) is 90.5 cm³/mol. The highest BCUT2D eigenvalue weighted by Gasteiger charge is 2.18. The Bertz CT molecular complexity index is 608. The van der Waals surface area contributed by atoms with Crippen LogP contribution >= 0.6 is 23.4 Å². The van der Waals surface area contributed by atoms with E-state index in [1.165, 1.54) is 12.8 Å². The molecule has 22 heavy (non-hydrogen) atoms. The number of aromatic nitrogens is 3. The second-order valence-electron chi connectivity index (χ2n) is 5.36. The Labute approximate surface area is 140 Å². The van der Waals surface area contributed by atoms with Gasteiger partial charge in [-0.15, -0.1) is 10.2 Å². The van der Waals surface area contributed by atoms with Crippen molar-refractivity contribution in [1.82, 2.24) is 14.8 Å². The first-order valence-electron chi connectivity index (χ1n) is 7.71. The van der Waals surface area contributed by atoms with E-state index in [2.05, 4.69) is 21.7 Å². The molecule has 1 saturated heterocycles. The van der Waals surface area contributed by atoms with Gasteiger partial charge in [-0.25, -0.2) is 0 Å². The molecule has 1 aliphatic rings. The molecule has 0 bridgehead atoms. The zero-order valence-electron chi connectivity index (χ0n) is 12.7. The molecule has 1 aromatic heterocycles. The van der Waals surface area contributed by atoms with Crippen LogP contribution in [0.15, 0.2) is 29.4 Å². The summed E-state index contributed by atoms with van der Waals surface area (Å²) in [5.41, 5.74) is 1.04. The third kappa shape index (κ3) is 3.65. The fourth-order valence-electron chi connectivity index (χ4n) is 2.60. The van der Waals surface area contributed by atoms with Gasteiger partial charge in [-0.2, -0.15) is 0 Å². The molecule has 1 fully saturated rings. The first-order valence-corrected chi connectivity index (χ1v) is 9.08. The third-order valence-electron chi connectivity index (χ3n) is 3.81. The summed E-state index contributed by atoms with van der Waals surface area (Å²) in [6.07, 6.45) is 3.95. The van der Waals surface area contributed by atoms with Crippen molar-refractivity contribution < 1.29 is 4.74 Å². The standard InChI is InChI=1S/C16H20ClN3OS/c1-2-20-15(12-6-8-13(17)9-7-12)18-19-16(20)22-11-14-5-3-4-10-21-14/h6-9,14H,2-5,10-11H2,1H3/t14-/m0/s1. The van der Waals surface area contributed by atoms with Crippen molar-refractivity contribution >= 4 is 23.4 Å². The zero-order valence-corrected chi connectivity index (χ0v) is 14.2. The van der Waals surface area contributed by atoms with E-state index < -0.39 is 0 Å². The van der Waals surface area contributed by atoms with E-state index in [1.807, 2.05) is 24.3 Å². The van der Waals surface area contributed by atoms with Crippen molar-refractivity contribution in [1.29, 1.82) is 0 Å². The minimum Gasteiger partial charge on any atom is -0.377 e. The average molecular weight is 338 g/mol. The van der Waals surface area contributed by atoms with Crippen molar-refractivity contribution in [3.63, 3.8) is 0 Å². The molecule has 0 N–H and O–H groups in total. The van der Waals surface area contributed by atoms with Crippen LogP contribution in [-0.4, -0.2) is 33.2 Å². The number of nitrogens with zero attached hydrogens (tertiary/aromatic N) is 3. The van der Waals surface area contributed by atoms with Gasteiger partial charge in [0, 0.05) is 29.5 Å². The Balaban J connectivity index is 1.73. The molecular weight excluding hydrogens is 318 g/mol. The second-order valence-corrected chi connectivity index (χ2v) is 6.78. The Morgan fingerprint density at radius 1 is 1.27 bits per heavy atom. The molecular formula is C16H20ClN3OS. The summed E-state index contributed by atoms with van der Waals surface area (Å²) in [5.74, 6) is 1.84. The quantitative estimate of drug-likeness (QED) is 0.763. The SMILES string of the molecule is CCn1c(SC[C@@H]2CCCCO2)nnc1-c1ccc(Cl)cc1. The van der Waals surface area contributed by atoms with Crippen molar-refractivity contribution in [2.24, 2.45) is 0 Å². The maximum absolute atomic E-state index is 5.95. The molecule has 3 rings (SSSR count). The monoisotopic (exact) mass is 337 g/mol. The minimum absolute atomic E-state index is 0.347. The third-order valence-corrected chi connectivity index (χ3v) is 5.16. The summed E-state index contributed by atoms with van der Waals surface area (Å²) in [4.78, 5) is 0. The molecule has 1 aliphatic heterocycles. The van der Waals surface area contributed by atoms with Crippen LogP contribution in [0, 0.1) is 0 Å². The van der Waals surface area contributed by atoms with Gasteiger partial charge in [0.05, 0.1) is 6.10 Å². The van der Waals surface area contributed by atoms with Crippen LogP contribution in [0.3, 0.4) is 0 Å². The van der Waals surface area contributed by atoms with Crippen LogP contribution in [-0.2, 0) is 11.3 Å². The molecule has 0 aliphatic carbocycles. The number of ether oxygens (including phenoxy) is 1. The van der Waals surface area contributed by atoms with Crippen LogP contribution in [0.25, 0.3) is 11.4 Å². The van der Waals surface area contributed by atoms with Gasteiger partial charge in [-0.05, 0) is 50.5 Å². The topological polar surface area (TPSA) is 39.9 Å². The molecule has 6 heteroatoms. The molecule has 0 spiro atoms. The highest BCUT2D eigenvalue weighted by Crippen LogP contribution is 2.27. The maximum atomic E-state index is 5.95. The molecule has 2 heterocycles. The zero-order chi connectivity index (χ0) is 15.4. The molecule has 0 saturated carbocycles. The fraction of sp³-hybridized carbons (Fsp3) is 0.500. The summed E-state index contributed by atoms with van der Waals surface area (Å²) < 4.78 is 7.93. The Kier molecular flexibility index (Phi) is 5.39. The smallest absolute Gasteiger partial charge is 0.191 e. The lowest BCUT2D eigenvalue weighted by molar-refractivity contribution is 0.0315. The molecule has 118 valence electrons. The van der Waals surface area contributed by atoms with Crippen molar-refractivity contribution in [3.8, 4) is 11.4 Å². The van der Waals surface area contributed by atoms with Crippen LogP contribution < -0.4 is 0 Å². The number of hydrogen-bond donors (Lipinski definition) is 0. The summed E-state index contributed by atoms with van der Waals surface area (Å²) in [7, 11) is 0. The molecule has 4 nitrogen and oxygen atoms in total. The molecule has 2 aromatic rings. The van der Waals surface area contributed by atoms with Gasteiger partial charge in [-0.3, -0.25) is 0 Å². The van der Waals surface area contributed by atoms with Crippen molar-refractivity contribution in [3.05, 3.63) is 29.3 Å². The van der Waals surface area contributed by atoms with Gasteiger partial charge in [0.25, 0.3) is 0 Å². The molecule has 0 amide bonds. The number of halogens is 1. The van der Waals surface area contributed by atoms with E-state index in [-0.39, 0.29) is 0 Å². The predicted octanol–water partition coefficient (Wildman–Crippen LogP) is 4.28. The number of hydrogen-bond acceptors (Lipinski definition) is 4. The van der Waals surface area contributed by atoms with Gasteiger partial charge in [0.2, 0.25) is 0 Å². The average Bonchev–Trinajstić information content (AvgIpc) is 2.97. The molecule has 0 unspecified atom stereocenters. The first-order chi connectivity index (χ1) is 10.8. The lowest BCUT2D eigenvalue weighted by Crippen LogP contribution is -2.21. The summed E-state index contributed by atoms with van der Waals surface area (Å²) in [6, 6.07) is 7.73. The Hall–Kier alpha value is -1.04. The van der Waals surface area contributed by atoms with Crippen LogP contribution in [0.5, 0.6) is 0 Å². The number of benzene rings is 1. The highest BCUT2D eigenvalue weighted by molar-refractivity contribution is 7.99. The minimum atomic E-state index is 0.347. The van der Waals surface area contributed by atoms with E-state index in [9.17, 15) is 0 Å². The van der Waals surface area contributed by atoms with E-state index in [0.717, 1.165) is 46.9 Å². The van der Waals surface area contributed by atoms with E-state index >= 15 is 0 Å². The van der Waals surface area contributed by atoms with Crippen molar-refractivity contribution in [2.75, 3.05) is 12.4 Å². The van der Waals surface area contributed by atoms with Gasteiger partial charge < -0.3 is 9.30 Å². The van der Waals surface area contributed by atoms with E-state index in [4.69, 9.17) is 16.3 Å². The first kappa shape index (κ1) is 15.8. The van der Waals surface area contributed by atoms with Crippen molar-refractivity contribution in [2.45, 2.75) is 44.0 Å².